The summed E-state index contributed by atoms with van der Waals surface area (Å²) in [4.78, 5) is 37.4. The minimum absolute atomic E-state index is 0.0143. The van der Waals surface area contributed by atoms with Crippen molar-refractivity contribution >= 4 is 28.0 Å². The lowest BCUT2D eigenvalue weighted by molar-refractivity contribution is -0.125. The van der Waals surface area contributed by atoms with Crippen molar-refractivity contribution in [2.45, 2.75) is 37.1 Å². The molecule has 11 nitrogen and oxygen atoms in total. The van der Waals surface area contributed by atoms with Gasteiger partial charge in [0.25, 0.3) is 5.91 Å². The summed E-state index contributed by atoms with van der Waals surface area (Å²) in [5.74, 6) is -1.23. The number of ether oxygens (including phenoxy) is 2. The van der Waals surface area contributed by atoms with Crippen LogP contribution in [-0.2, 0) is 24.3 Å². The molecule has 1 heterocycles. The highest BCUT2D eigenvalue weighted by atomic mass is 32.2. The van der Waals surface area contributed by atoms with Crippen LogP contribution in [0.4, 0.5) is 4.79 Å². The highest BCUT2D eigenvalue weighted by Gasteiger charge is 2.25. The van der Waals surface area contributed by atoms with E-state index in [2.05, 4.69) is 10.0 Å². The summed E-state index contributed by atoms with van der Waals surface area (Å²) < 4.78 is 36.3. The molecule has 0 bridgehead atoms. The summed E-state index contributed by atoms with van der Waals surface area (Å²) in [6, 6.07) is 6.74. The summed E-state index contributed by atoms with van der Waals surface area (Å²) in [5.41, 5.74) is 0.0940. The molecule has 0 spiro atoms. The van der Waals surface area contributed by atoms with Crippen molar-refractivity contribution in [3.63, 3.8) is 0 Å². The van der Waals surface area contributed by atoms with Crippen LogP contribution in [0, 0.1) is 11.3 Å². The highest BCUT2D eigenvalue weighted by molar-refractivity contribution is 7.89. The van der Waals surface area contributed by atoms with Crippen LogP contribution in [0.25, 0.3) is 0 Å². The molecule has 0 radical (unpaired) electrons. The van der Waals surface area contributed by atoms with Gasteiger partial charge in [0.1, 0.15) is 0 Å². The molecule has 0 unspecified atom stereocenters. The van der Waals surface area contributed by atoms with Gasteiger partial charge in [-0.2, -0.15) is 5.26 Å². The molecular formula is C20H26N4O7S. The molecule has 32 heavy (non-hydrogen) atoms. The third-order valence-corrected chi connectivity index (χ3v) is 6.13. The number of hydrogen-bond acceptors (Lipinski definition) is 8. The number of benzene rings is 1. The van der Waals surface area contributed by atoms with Crippen LogP contribution in [0.5, 0.6) is 0 Å². The molecule has 1 aliphatic heterocycles. The number of nitrogens with one attached hydrogen (secondary N) is 2. The van der Waals surface area contributed by atoms with Gasteiger partial charge < -0.3 is 19.7 Å². The zero-order chi connectivity index (χ0) is 23.6. The fraction of sp³-hybridized carbons (Fsp3) is 0.500. The Morgan fingerprint density at radius 2 is 1.81 bits per heavy atom. The second-order valence-corrected chi connectivity index (χ2v) is 8.70. The fourth-order valence-corrected chi connectivity index (χ4v) is 4.03. The SMILES string of the molecule is CCOC(=O)N1CCC(NC(=O)COC(=O)c2ccc(S(=O)(=O)NCCC#N)cc2)CC1. The first-order valence-electron chi connectivity index (χ1n) is 10.1. The summed E-state index contributed by atoms with van der Waals surface area (Å²) in [5, 5.41) is 11.2. The van der Waals surface area contributed by atoms with E-state index >= 15 is 0 Å². The maximum atomic E-state index is 12.1. The minimum atomic E-state index is -3.78. The zero-order valence-corrected chi connectivity index (χ0v) is 18.5. The third kappa shape index (κ3) is 7.51. The van der Waals surface area contributed by atoms with E-state index in [1.165, 1.54) is 24.3 Å². The summed E-state index contributed by atoms with van der Waals surface area (Å²) >= 11 is 0. The van der Waals surface area contributed by atoms with Crippen LogP contribution < -0.4 is 10.0 Å². The van der Waals surface area contributed by atoms with Crippen LogP contribution in [0.15, 0.2) is 29.2 Å². The molecule has 1 aromatic carbocycles. The molecule has 2 amide bonds. The van der Waals surface area contributed by atoms with E-state index in [9.17, 15) is 22.8 Å². The molecule has 1 aromatic rings. The minimum Gasteiger partial charge on any atom is -0.452 e. The molecule has 2 rings (SSSR count). The van der Waals surface area contributed by atoms with Gasteiger partial charge in [-0.1, -0.05) is 0 Å². The first-order chi connectivity index (χ1) is 15.3. The Morgan fingerprint density at radius 3 is 2.41 bits per heavy atom. The number of carbonyl (C=O) groups is 3. The number of carbonyl (C=O) groups excluding carboxylic acids is 3. The Labute approximate surface area is 186 Å². The highest BCUT2D eigenvalue weighted by Crippen LogP contribution is 2.13. The van der Waals surface area contributed by atoms with Crippen molar-refractivity contribution in [1.29, 1.82) is 5.26 Å². The largest absolute Gasteiger partial charge is 0.452 e. The standard InChI is InChI=1S/C20H26N4O7S/c1-2-30-20(27)24-12-8-16(9-13-24)23-18(25)14-31-19(26)15-4-6-17(7-5-15)32(28,29)22-11-3-10-21/h4-7,16,22H,2-3,8-9,11-14H2,1H3,(H,23,25). The molecule has 0 atom stereocenters. The van der Waals surface area contributed by atoms with E-state index in [0.717, 1.165) is 0 Å². The smallest absolute Gasteiger partial charge is 0.409 e. The molecule has 2 N–H and O–H groups in total. The number of nitriles is 1. The van der Waals surface area contributed by atoms with Crippen LogP contribution in [-0.4, -0.2) is 70.2 Å². The molecule has 1 saturated heterocycles. The average Bonchev–Trinajstić information content (AvgIpc) is 2.78. The van der Waals surface area contributed by atoms with Gasteiger partial charge in [-0.25, -0.2) is 22.7 Å². The monoisotopic (exact) mass is 466 g/mol. The van der Waals surface area contributed by atoms with Gasteiger partial charge in [0.15, 0.2) is 6.61 Å². The normalized spacial score (nSPS) is 14.3. The Kier molecular flexibility index (Phi) is 9.42. The Hall–Kier alpha value is -3.17. The van der Waals surface area contributed by atoms with E-state index in [4.69, 9.17) is 14.7 Å². The van der Waals surface area contributed by atoms with Crippen LogP contribution in [0.2, 0.25) is 0 Å². The van der Waals surface area contributed by atoms with Crippen molar-refractivity contribution < 1.29 is 32.3 Å². The summed E-state index contributed by atoms with van der Waals surface area (Å²) in [7, 11) is -3.78. The first kappa shape index (κ1) is 25.1. The van der Waals surface area contributed by atoms with Gasteiger partial charge in [-0.15, -0.1) is 0 Å². The van der Waals surface area contributed by atoms with E-state index in [1.54, 1.807) is 11.8 Å². The van der Waals surface area contributed by atoms with E-state index < -0.39 is 28.5 Å². The second-order valence-electron chi connectivity index (χ2n) is 6.93. The number of nitrogens with zero attached hydrogens (tertiary/aromatic N) is 2. The predicted molar refractivity (Wildman–Crippen MR) is 112 cm³/mol. The van der Waals surface area contributed by atoms with Gasteiger partial charge in [-0.05, 0) is 44.0 Å². The van der Waals surface area contributed by atoms with Crippen LogP contribution in [0.1, 0.15) is 36.5 Å². The topological polar surface area (TPSA) is 155 Å². The molecular weight excluding hydrogens is 440 g/mol. The lowest BCUT2D eigenvalue weighted by atomic mass is 10.1. The van der Waals surface area contributed by atoms with Gasteiger partial charge in [-0.3, -0.25) is 4.79 Å². The number of esters is 1. The van der Waals surface area contributed by atoms with Gasteiger partial charge in [0.05, 0.1) is 23.1 Å². The molecule has 1 fully saturated rings. The zero-order valence-electron chi connectivity index (χ0n) is 17.7. The summed E-state index contributed by atoms with van der Waals surface area (Å²) in [6.07, 6.45) is 0.798. The Bertz CT molecular complexity index is 949. The van der Waals surface area contributed by atoms with Crippen molar-refractivity contribution in [3.05, 3.63) is 29.8 Å². The van der Waals surface area contributed by atoms with E-state index in [1.807, 2.05) is 6.07 Å². The van der Waals surface area contributed by atoms with Gasteiger partial charge >= 0.3 is 12.1 Å². The van der Waals surface area contributed by atoms with Crippen molar-refractivity contribution in [3.8, 4) is 6.07 Å². The van der Waals surface area contributed by atoms with E-state index in [-0.39, 0.29) is 35.6 Å². The van der Waals surface area contributed by atoms with Crippen LogP contribution >= 0.6 is 0 Å². The maximum Gasteiger partial charge on any atom is 0.409 e. The molecule has 174 valence electrons. The van der Waals surface area contributed by atoms with Crippen molar-refractivity contribution in [2.24, 2.45) is 0 Å². The van der Waals surface area contributed by atoms with Gasteiger partial charge in [0, 0.05) is 32.1 Å². The Balaban J connectivity index is 1.77. The van der Waals surface area contributed by atoms with Crippen molar-refractivity contribution in [1.82, 2.24) is 14.9 Å². The first-order valence-corrected chi connectivity index (χ1v) is 11.6. The number of sulfonamides is 1. The molecule has 0 aromatic heterocycles. The second kappa shape index (κ2) is 12.0. The maximum absolute atomic E-state index is 12.1. The fourth-order valence-electron chi connectivity index (χ4n) is 3.00. The molecule has 12 heteroatoms. The number of piperidine rings is 1. The molecule has 0 saturated carbocycles. The van der Waals surface area contributed by atoms with Crippen LogP contribution in [0.3, 0.4) is 0 Å². The lowest BCUT2D eigenvalue weighted by Crippen LogP contribution is -2.47. The van der Waals surface area contributed by atoms with E-state index in [0.29, 0.717) is 32.5 Å². The third-order valence-electron chi connectivity index (χ3n) is 4.65. The van der Waals surface area contributed by atoms with Crippen molar-refractivity contribution in [2.75, 3.05) is 32.8 Å². The number of rotatable bonds is 9. The average molecular weight is 467 g/mol. The molecule has 0 aliphatic carbocycles. The van der Waals surface area contributed by atoms with Gasteiger partial charge in [0.2, 0.25) is 10.0 Å². The number of amides is 2. The molecule has 1 aliphatic rings. The Morgan fingerprint density at radius 1 is 1.16 bits per heavy atom. The predicted octanol–water partition coefficient (Wildman–Crippen LogP) is 0.772. The quantitative estimate of drug-likeness (QED) is 0.399. The number of hydrogen-bond donors (Lipinski definition) is 2. The lowest BCUT2D eigenvalue weighted by Gasteiger charge is -2.31. The summed E-state index contributed by atoms with van der Waals surface area (Å²) in [6.45, 7) is 2.47. The number of likely N-dealkylation sites (tertiary alicyclic amines) is 1.